The average molecular weight is 274 g/mol. The molecule has 1 unspecified atom stereocenters. The van der Waals surface area contributed by atoms with E-state index in [1.54, 1.807) is 0 Å². The van der Waals surface area contributed by atoms with Crippen LogP contribution in [-0.4, -0.2) is 39.4 Å². The van der Waals surface area contributed by atoms with Crippen molar-refractivity contribution in [2.24, 2.45) is 7.05 Å². The van der Waals surface area contributed by atoms with E-state index in [9.17, 15) is 0 Å². The minimum atomic E-state index is 0.605. The van der Waals surface area contributed by atoms with Crippen molar-refractivity contribution in [2.45, 2.75) is 24.6 Å². The minimum Gasteiger partial charge on any atom is -0.338 e. The Bertz CT molecular complexity index is 283. The van der Waals surface area contributed by atoms with Gasteiger partial charge in [0.25, 0.3) is 0 Å². The third-order valence-corrected chi connectivity index (χ3v) is 3.00. The van der Waals surface area contributed by atoms with Crippen molar-refractivity contribution in [2.75, 3.05) is 20.1 Å². The van der Waals surface area contributed by atoms with Gasteiger partial charge in [-0.3, -0.25) is 0 Å². The second kappa shape index (κ2) is 6.28. The van der Waals surface area contributed by atoms with Crippen molar-refractivity contribution in [3.05, 3.63) is 18.2 Å². The van der Waals surface area contributed by atoms with Crippen molar-refractivity contribution in [3.63, 3.8) is 0 Å². The second-order valence-corrected chi connectivity index (χ2v) is 5.64. The maximum absolute atomic E-state index is 4.31. The van der Waals surface area contributed by atoms with E-state index in [2.05, 4.69) is 44.4 Å². The summed E-state index contributed by atoms with van der Waals surface area (Å²) in [4.78, 5) is 7.27. The third-order valence-electron chi connectivity index (χ3n) is 2.55. The van der Waals surface area contributed by atoms with Crippen molar-refractivity contribution < 1.29 is 0 Å². The van der Waals surface area contributed by atoms with E-state index < -0.39 is 0 Å². The first-order chi connectivity index (χ1) is 7.09. The number of aromatic nitrogens is 2. The molecule has 0 amide bonds. The van der Waals surface area contributed by atoms with E-state index in [1.165, 1.54) is 6.42 Å². The molecular weight excluding hydrogens is 254 g/mol. The summed E-state index contributed by atoms with van der Waals surface area (Å²) in [6.45, 7) is 4.40. The van der Waals surface area contributed by atoms with E-state index in [1.807, 2.05) is 19.4 Å². The number of halogens is 1. The smallest absolute Gasteiger partial charge is 0.109 e. The van der Waals surface area contributed by atoms with Gasteiger partial charge in [0.2, 0.25) is 0 Å². The van der Waals surface area contributed by atoms with E-state index in [0.29, 0.717) is 4.83 Å². The fourth-order valence-electron chi connectivity index (χ4n) is 1.44. The first-order valence-electron chi connectivity index (χ1n) is 5.38. The van der Waals surface area contributed by atoms with E-state index in [-0.39, 0.29) is 0 Å². The van der Waals surface area contributed by atoms with Crippen LogP contribution in [0.15, 0.2) is 12.4 Å². The highest BCUT2D eigenvalue weighted by atomic mass is 79.9. The van der Waals surface area contributed by atoms with E-state index in [4.69, 9.17) is 0 Å². The zero-order chi connectivity index (χ0) is 11.3. The number of alkyl halides is 1. The van der Waals surface area contributed by atoms with Gasteiger partial charge in [-0.1, -0.05) is 22.9 Å². The van der Waals surface area contributed by atoms with Gasteiger partial charge in [-0.2, -0.15) is 0 Å². The molecule has 86 valence electrons. The number of likely N-dealkylation sites (N-methyl/N-ethyl adjacent to an activating group) is 1. The summed E-state index contributed by atoms with van der Waals surface area (Å²) < 4.78 is 2.08. The van der Waals surface area contributed by atoms with Crippen LogP contribution in [0.1, 0.15) is 19.2 Å². The Labute approximate surface area is 101 Å². The largest absolute Gasteiger partial charge is 0.338 e. The molecule has 0 aliphatic rings. The molecule has 3 nitrogen and oxygen atoms in total. The fraction of sp³-hybridized carbons (Fsp3) is 0.727. The zero-order valence-electron chi connectivity index (χ0n) is 9.78. The lowest BCUT2D eigenvalue weighted by molar-refractivity contribution is 0.331. The summed E-state index contributed by atoms with van der Waals surface area (Å²) in [5, 5.41) is 0. The number of nitrogens with zero attached hydrogens (tertiary/aromatic N) is 3. The normalized spacial score (nSPS) is 13.4. The van der Waals surface area contributed by atoms with Gasteiger partial charge in [0.1, 0.15) is 5.82 Å². The molecule has 0 bridgehead atoms. The molecule has 0 fully saturated rings. The standard InChI is InChI=1S/C11H20BrN3/c1-10(12)4-7-14(2)8-5-11-13-6-9-15(11)3/h6,9-10H,4-5,7-8H2,1-3H3. The molecule has 1 aromatic heterocycles. The van der Waals surface area contributed by atoms with E-state index >= 15 is 0 Å². The molecule has 4 heteroatoms. The Morgan fingerprint density at radius 2 is 2.27 bits per heavy atom. The van der Waals surface area contributed by atoms with Gasteiger partial charge in [-0.15, -0.1) is 0 Å². The molecule has 1 heterocycles. The SMILES string of the molecule is CC(Br)CCN(C)CCc1nccn1C. The summed E-state index contributed by atoms with van der Waals surface area (Å²) in [5.41, 5.74) is 0. The summed E-state index contributed by atoms with van der Waals surface area (Å²) in [6, 6.07) is 0. The van der Waals surface area contributed by atoms with Gasteiger partial charge in [0.15, 0.2) is 0 Å². The maximum atomic E-state index is 4.31. The van der Waals surface area contributed by atoms with Crippen molar-refractivity contribution in [1.82, 2.24) is 14.5 Å². The Morgan fingerprint density at radius 3 is 2.80 bits per heavy atom. The summed E-state index contributed by atoms with van der Waals surface area (Å²) in [5.74, 6) is 1.16. The van der Waals surface area contributed by atoms with Gasteiger partial charge in [-0.25, -0.2) is 4.98 Å². The molecule has 0 aliphatic heterocycles. The Kier molecular flexibility index (Phi) is 5.32. The topological polar surface area (TPSA) is 21.1 Å². The highest BCUT2D eigenvalue weighted by Crippen LogP contribution is 2.04. The van der Waals surface area contributed by atoms with Crippen LogP contribution in [0, 0.1) is 0 Å². The predicted octanol–water partition coefficient (Wildman–Crippen LogP) is 2.07. The fourth-order valence-corrected chi connectivity index (χ4v) is 1.64. The molecule has 1 aromatic rings. The van der Waals surface area contributed by atoms with E-state index in [0.717, 1.165) is 25.3 Å². The third kappa shape index (κ3) is 4.80. The number of aryl methyl sites for hydroxylation is 1. The Balaban J connectivity index is 2.22. The van der Waals surface area contributed by atoms with Crippen LogP contribution in [0.4, 0.5) is 0 Å². The molecule has 15 heavy (non-hydrogen) atoms. The second-order valence-electron chi connectivity index (χ2n) is 4.08. The first-order valence-corrected chi connectivity index (χ1v) is 6.30. The highest BCUT2D eigenvalue weighted by Gasteiger charge is 2.04. The number of hydrogen-bond donors (Lipinski definition) is 0. The number of hydrogen-bond acceptors (Lipinski definition) is 2. The van der Waals surface area contributed by atoms with Crippen LogP contribution in [-0.2, 0) is 13.5 Å². The Morgan fingerprint density at radius 1 is 1.53 bits per heavy atom. The van der Waals surface area contributed by atoms with Crippen molar-refractivity contribution in [1.29, 1.82) is 0 Å². The molecule has 1 rings (SSSR count). The van der Waals surface area contributed by atoms with Crippen LogP contribution < -0.4 is 0 Å². The monoisotopic (exact) mass is 273 g/mol. The highest BCUT2D eigenvalue weighted by molar-refractivity contribution is 9.09. The lowest BCUT2D eigenvalue weighted by Gasteiger charge is -2.16. The average Bonchev–Trinajstić information content (AvgIpc) is 2.58. The lowest BCUT2D eigenvalue weighted by atomic mass is 10.3. The molecule has 0 aromatic carbocycles. The van der Waals surface area contributed by atoms with Gasteiger partial charge in [0, 0.05) is 37.2 Å². The quantitative estimate of drug-likeness (QED) is 0.740. The summed E-state index contributed by atoms with van der Waals surface area (Å²) >= 11 is 3.56. The number of imidazole rings is 1. The van der Waals surface area contributed by atoms with Crippen LogP contribution in [0.25, 0.3) is 0 Å². The molecule has 0 saturated carbocycles. The molecule has 1 atom stereocenters. The van der Waals surface area contributed by atoms with Crippen LogP contribution in [0.3, 0.4) is 0 Å². The first kappa shape index (κ1) is 12.7. The molecule has 0 aliphatic carbocycles. The van der Waals surface area contributed by atoms with Gasteiger partial charge in [0.05, 0.1) is 0 Å². The minimum absolute atomic E-state index is 0.605. The van der Waals surface area contributed by atoms with Gasteiger partial charge < -0.3 is 9.47 Å². The van der Waals surface area contributed by atoms with Crippen LogP contribution in [0.2, 0.25) is 0 Å². The van der Waals surface area contributed by atoms with Gasteiger partial charge >= 0.3 is 0 Å². The molecule has 0 spiro atoms. The summed E-state index contributed by atoms with van der Waals surface area (Å²) in [6.07, 6.45) is 6.07. The molecule has 0 saturated heterocycles. The van der Waals surface area contributed by atoms with Crippen molar-refractivity contribution in [3.8, 4) is 0 Å². The Hall–Kier alpha value is -0.350. The van der Waals surface area contributed by atoms with Crippen LogP contribution in [0.5, 0.6) is 0 Å². The lowest BCUT2D eigenvalue weighted by Crippen LogP contribution is -2.24. The molecule has 0 N–H and O–H groups in total. The predicted molar refractivity (Wildman–Crippen MR) is 67.4 cm³/mol. The summed E-state index contributed by atoms with van der Waals surface area (Å²) in [7, 11) is 4.21. The van der Waals surface area contributed by atoms with Gasteiger partial charge in [-0.05, 0) is 20.0 Å². The molecular formula is C11H20BrN3. The maximum Gasteiger partial charge on any atom is 0.109 e. The van der Waals surface area contributed by atoms with Crippen LogP contribution >= 0.6 is 15.9 Å². The number of rotatable bonds is 6. The molecule has 0 radical (unpaired) electrons. The van der Waals surface area contributed by atoms with Crippen molar-refractivity contribution >= 4 is 15.9 Å². The zero-order valence-corrected chi connectivity index (χ0v) is 11.4.